The summed E-state index contributed by atoms with van der Waals surface area (Å²) in [6, 6.07) is 14.6. The predicted molar refractivity (Wildman–Crippen MR) is 120 cm³/mol. The highest BCUT2D eigenvalue weighted by molar-refractivity contribution is 6.30. The minimum Gasteiger partial charge on any atom is -0.484 e. The van der Waals surface area contributed by atoms with Gasteiger partial charge in [0.05, 0.1) is 0 Å². The second-order valence-corrected chi connectivity index (χ2v) is 8.80. The highest BCUT2D eigenvalue weighted by Gasteiger charge is 2.29. The molecular formula is C23H28ClN3O3. The Morgan fingerprint density at radius 3 is 2.13 bits per heavy atom. The highest BCUT2D eigenvalue weighted by atomic mass is 35.5. The molecule has 1 aliphatic heterocycles. The van der Waals surface area contributed by atoms with Crippen LogP contribution in [0.1, 0.15) is 20.8 Å². The fourth-order valence-electron chi connectivity index (χ4n) is 3.27. The number of hydrogen-bond donors (Lipinski definition) is 1. The largest absolute Gasteiger partial charge is 0.484 e. The maximum absolute atomic E-state index is 12.4. The first kappa shape index (κ1) is 22.0. The standard InChI is InChI=1S/C23H28ClN3O3/c1-23(2,3)22(29)27-14-12-26(13-15-27)19-8-6-18(7-9-19)25-21(28)16-30-20-10-4-17(24)5-11-20/h4-11H,12-16H2,1-3H3,(H,25,28). The van der Waals surface area contributed by atoms with Gasteiger partial charge >= 0.3 is 0 Å². The van der Waals surface area contributed by atoms with Crippen LogP contribution in [0.2, 0.25) is 5.02 Å². The number of anilines is 2. The number of hydrogen-bond acceptors (Lipinski definition) is 4. The first-order chi connectivity index (χ1) is 14.2. The first-order valence-electron chi connectivity index (χ1n) is 10.0. The van der Waals surface area contributed by atoms with E-state index in [0.717, 1.165) is 31.9 Å². The van der Waals surface area contributed by atoms with Crippen molar-refractivity contribution in [2.24, 2.45) is 5.41 Å². The topological polar surface area (TPSA) is 61.9 Å². The zero-order chi connectivity index (χ0) is 21.7. The number of nitrogens with one attached hydrogen (secondary N) is 1. The Morgan fingerprint density at radius 2 is 1.57 bits per heavy atom. The number of piperazine rings is 1. The van der Waals surface area contributed by atoms with Crippen LogP contribution in [-0.2, 0) is 9.59 Å². The fraction of sp³-hybridized carbons (Fsp3) is 0.391. The van der Waals surface area contributed by atoms with E-state index in [1.165, 1.54) is 0 Å². The zero-order valence-corrected chi connectivity index (χ0v) is 18.4. The van der Waals surface area contributed by atoms with Crippen LogP contribution in [0.3, 0.4) is 0 Å². The number of carbonyl (C=O) groups is 2. The summed E-state index contributed by atoms with van der Waals surface area (Å²) in [5.74, 6) is 0.557. The number of amides is 2. The van der Waals surface area contributed by atoms with E-state index in [2.05, 4.69) is 10.2 Å². The van der Waals surface area contributed by atoms with Gasteiger partial charge in [0.25, 0.3) is 5.91 Å². The molecule has 2 aromatic carbocycles. The molecule has 0 spiro atoms. The van der Waals surface area contributed by atoms with Gasteiger partial charge < -0.3 is 19.9 Å². The molecule has 1 heterocycles. The van der Waals surface area contributed by atoms with E-state index in [-0.39, 0.29) is 23.8 Å². The van der Waals surface area contributed by atoms with Gasteiger partial charge in [-0.15, -0.1) is 0 Å². The lowest BCUT2D eigenvalue weighted by molar-refractivity contribution is -0.139. The summed E-state index contributed by atoms with van der Waals surface area (Å²) in [6.07, 6.45) is 0. The third-order valence-corrected chi connectivity index (χ3v) is 5.16. The predicted octanol–water partition coefficient (Wildman–Crippen LogP) is 4.05. The third kappa shape index (κ3) is 5.89. The van der Waals surface area contributed by atoms with Gasteiger partial charge in [0.2, 0.25) is 5.91 Å². The van der Waals surface area contributed by atoms with Crippen LogP contribution in [0.5, 0.6) is 5.75 Å². The quantitative estimate of drug-likeness (QED) is 0.778. The van der Waals surface area contributed by atoms with Crippen molar-refractivity contribution >= 4 is 34.8 Å². The van der Waals surface area contributed by atoms with Crippen LogP contribution in [0.25, 0.3) is 0 Å². The smallest absolute Gasteiger partial charge is 0.262 e. The lowest BCUT2D eigenvalue weighted by atomic mass is 9.94. The maximum atomic E-state index is 12.4. The average molecular weight is 430 g/mol. The molecule has 7 heteroatoms. The van der Waals surface area contributed by atoms with Gasteiger partial charge in [-0.1, -0.05) is 32.4 Å². The van der Waals surface area contributed by atoms with Crippen LogP contribution >= 0.6 is 11.6 Å². The van der Waals surface area contributed by atoms with E-state index >= 15 is 0 Å². The normalized spacial score (nSPS) is 14.4. The Kier molecular flexibility index (Phi) is 6.87. The van der Waals surface area contributed by atoms with E-state index in [4.69, 9.17) is 16.3 Å². The number of benzene rings is 2. The molecule has 0 atom stereocenters. The molecule has 2 amide bonds. The van der Waals surface area contributed by atoms with E-state index < -0.39 is 0 Å². The van der Waals surface area contributed by atoms with Gasteiger partial charge in [0.15, 0.2) is 6.61 Å². The molecule has 2 aromatic rings. The molecule has 1 saturated heterocycles. The van der Waals surface area contributed by atoms with Crippen molar-refractivity contribution in [3.05, 3.63) is 53.6 Å². The number of ether oxygens (including phenoxy) is 1. The van der Waals surface area contributed by atoms with E-state index in [9.17, 15) is 9.59 Å². The second-order valence-electron chi connectivity index (χ2n) is 8.37. The summed E-state index contributed by atoms with van der Waals surface area (Å²) in [4.78, 5) is 28.7. The van der Waals surface area contributed by atoms with Crippen molar-refractivity contribution in [2.45, 2.75) is 20.8 Å². The van der Waals surface area contributed by atoms with Gasteiger partial charge in [-0.2, -0.15) is 0 Å². The zero-order valence-electron chi connectivity index (χ0n) is 17.7. The van der Waals surface area contributed by atoms with Gasteiger partial charge in [-0.25, -0.2) is 0 Å². The Labute approximate surface area is 182 Å². The van der Waals surface area contributed by atoms with Crippen molar-refractivity contribution in [3.63, 3.8) is 0 Å². The fourth-order valence-corrected chi connectivity index (χ4v) is 3.40. The molecular weight excluding hydrogens is 402 g/mol. The molecule has 0 radical (unpaired) electrons. The third-order valence-electron chi connectivity index (χ3n) is 4.91. The minimum atomic E-state index is -0.348. The number of nitrogens with zero attached hydrogens (tertiary/aromatic N) is 2. The summed E-state index contributed by atoms with van der Waals surface area (Å²) in [7, 11) is 0. The van der Waals surface area contributed by atoms with Gasteiger partial charge in [-0.3, -0.25) is 9.59 Å². The maximum Gasteiger partial charge on any atom is 0.262 e. The van der Waals surface area contributed by atoms with Crippen molar-refractivity contribution in [3.8, 4) is 5.75 Å². The van der Waals surface area contributed by atoms with Crippen LogP contribution in [-0.4, -0.2) is 49.5 Å². The average Bonchev–Trinajstić information content (AvgIpc) is 2.73. The molecule has 1 N–H and O–H groups in total. The molecule has 160 valence electrons. The second kappa shape index (κ2) is 9.39. The molecule has 0 aromatic heterocycles. The summed E-state index contributed by atoms with van der Waals surface area (Å²) < 4.78 is 5.46. The molecule has 0 aliphatic carbocycles. The van der Waals surface area contributed by atoms with Gasteiger partial charge in [0.1, 0.15) is 5.75 Å². The van der Waals surface area contributed by atoms with Crippen molar-refractivity contribution in [2.75, 3.05) is 43.0 Å². The summed E-state index contributed by atoms with van der Waals surface area (Å²) in [5.41, 5.74) is 1.44. The summed E-state index contributed by atoms with van der Waals surface area (Å²) >= 11 is 5.83. The van der Waals surface area contributed by atoms with Crippen LogP contribution < -0.4 is 15.0 Å². The molecule has 0 saturated carbocycles. The Morgan fingerprint density at radius 1 is 0.967 bits per heavy atom. The molecule has 1 fully saturated rings. The first-order valence-corrected chi connectivity index (χ1v) is 10.4. The van der Waals surface area contributed by atoms with Crippen molar-refractivity contribution in [1.82, 2.24) is 4.90 Å². The summed E-state index contributed by atoms with van der Waals surface area (Å²) in [5, 5.41) is 3.45. The lowest BCUT2D eigenvalue weighted by Crippen LogP contribution is -2.51. The Hall–Kier alpha value is -2.73. The molecule has 6 nitrogen and oxygen atoms in total. The van der Waals surface area contributed by atoms with Crippen molar-refractivity contribution in [1.29, 1.82) is 0 Å². The number of rotatable bonds is 5. The highest BCUT2D eigenvalue weighted by Crippen LogP contribution is 2.23. The van der Waals surface area contributed by atoms with Gasteiger partial charge in [-0.05, 0) is 48.5 Å². The van der Waals surface area contributed by atoms with E-state index in [0.29, 0.717) is 16.5 Å². The molecule has 30 heavy (non-hydrogen) atoms. The number of halogens is 1. The molecule has 0 unspecified atom stereocenters. The van der Waals surface area contributed by atoms with E-state index in [1.807, 2.05) is 49.9 Å². The Balaban J connectivity index is 1.47. The molecule has 3 rings (SSSR count). The van der Waals surface area contributed by atoms with Gasteiger partial charge in [0, 0.05) is 48.0 Å². The van der Waals surface area contributed by atoms with Crippen molar-refractivity contribution < 1.29 is 14.3 Å². The minimum absolute atomic E-state index is 0.0762. The lowest BCUT2D eigenvalue weighted by Gasteiger charge is -2.38. The number of carbonyl (C=O) groups excluding carboxylic acids is 2. The molecule has 0 bridgehead atoms. The SMILES string of the molecule is CC(C)(C)C(=O)N1CCN(c2ccc(NC(=O)COc3ccc(Cl)cc3)cc2)CC1. The van der Waals surface area contributed by atoms with E-state index in [1.54, 1.807) is 24.3 Å². The summed E-state index contributed by atoms with van der Waals surface area (Å²) in [6.45, 7) is 8.81. The Bertz CT molecular complexity index is 868. The molecule has 1 aliphatic rings. The van der Waals surface area contributed by atoms with Crippen LogP contribution in [0.4, 0.5) is 11.4 Å². The monoisotopic (exact) mass is 429 g/mol. The van der Waals surface area contributed by atoms with Crippen LogP contribution in [0, 0.1) is 5.41 Å². The van der Waals surface area contributed by atoms with Crippen LogP contribution in [0.15, 0.2) is 48.5 Å².